The van der Waals surface area contributed by atoms with Crippen LogP contribution in [0.3, 0.4) is 0 Å². The number of nitrogens with zero attached hydrogens (tertiary/aromatic N) is 2. The Bertz CT molecular complexity index is 815. The highest BCUT2D eigenvalue weighted by atomic mass is 16.1. The van der Waals surface area contributed by atoms with Crippen molar-refractivity contribution in [1.29, 1.82) is 0 Å². The van der Waals surface area contributed by atoms with Crippen molar-refractivity contribution in [2.45, 2.75) is 58.3 Å². The fraction of sp³-hybridized carbons (Fsp3) is 0.450. The SMILES string of the molecule is CC(C)(C)c1ccc2c(n1)-c1nc3c(cc1CC2)C(=O)CCC3. The molecule has 0 aliphatic heterocycles. The van der Waals surface area contributed by atoms with Gasteiger partial charge in [-0.2, -0.15) is 0 Å². The minimum atomic E-state index is 0.0246. The number of hydrogen-bond acceptors (Lipinski definition) is 3. The fourth-order valence-corrected chi connectivity index (χ4v) is 3.55. The van der Waals surface area contributed by atoms with Crippen molar-refractivity contribution in [3.8, 4) is 11.4 Å². The van der Waals surface area contributed by atoms with Gasteiger partial charge >= 0.3 is 0 Å². The number of rotatable bonds is 0. The van der Waals surface area contributed by atoms with E-state index in [1.165, 1.54) is 11.1 Å². The Morgan fingerprint density at radius 3 is 2.43 bits per heavy atom. The normalized spacial score (nSPS) is 16.6. The van der Waals surface area contributed by atoms with Gasteiger partial charge in [0.25, 0.3) is 0 Å². The molecule has 0 atom stereocenters. The lowest BCUT2D eigenvalue weighted by Gasteiger charge is -2.25. The first-order chi connectivity index (χ1) is 10.9. The van der Waals surface area contributed by atoms with E-state index >= 15 is 0 Å². The Kier molecular flexibility index (Phi) is 3.15. The number of fused-ring (bicyclic) bond motifs is 4. The molecule has 0 amide bonds. The smallest absolute Gasteiger partial charge is 0.164 e. The molecule has 0 radical (unpaired) electrons. The Morgan fingerprint density at radius 1 is 0.913 bits per heavy atom. The van der Waals surface area contributed by atoms with E-state index in [4.69, 9.17) is 9.97 Å². The number of hydrogen-bond donors (Lipinski definition) is 0. The van der Waals surface area contributed by atoms with Crippen molar-refractivity contribution in [3.63, 3.8) is 0 Å². The molecule has 3 nitrogen and oxygen atoms in total. The van der Waals surface area contributed by atoms with Crippen molar-refractivity contribution in [3.05, 3.63) is 46.3 Å². The van der Waals surface area contributed by atoms with Crippen molar-refractivity contribution < 1.29 is 4.79 Å². The highest BCUT2D eigenvalue weighted by molar-refractivity contribution is 5.98. The Balaban J connectivity index is 1.90. The van der Waals surface area contributed by atoms with Gasteiger partial charge in [-0.25, -0.2) is 0 Å². The van der Waals surface area contributed by atoms with Gasteiger partial charge < -0.3 is 0 Å². The monoisotopic (exact) mass is 306 g/mol. The van der Waals surface area contributed by atoms with Gasteiger partial charge in [0.2, 0.25) is 0 Å². The molecule has 2 aromatic rings. The highest BCUT2D eigenvalue weighted by Gasteiger charge is 2.26. The van der Waals surface area contributed by atoms with Gasteiger partial charge in [-0.15, -0.1) is 0 Å². The van der Waals surface area contributed by atoms with Crippen LogP contribution in [0.4, 0.5) is 0 Å². The third kappa shape index (κ3) is 2.39. The minimum Gasteiger partial charge on any atom is -0.294 e. The highest BCUT2D eigenvalue weighted by Crippen LogP contribution is 2.35. The molecule has 0 spiro atoms. The summed E-state index contributed by atoms with van der Waals surface area (Å²) in [6.07, 6.45) is 4.42. The van der Waals surface area contributed by atoms with E-state index in [2.05, 4.69) is 39.0 Å². The third-order valence-corrected chi connectivity index (χ3v) is 4.93. The van der Waals surface area contributed by atoms with Crippen LogP contribution in [0.5, 0.6) is 0 Å². The van der Waals surface area contributed by atoms with Crippen LogP contribution in [0.15, 0.2) is 18.2 Å². The van der Waals surface area contributed by atoms with Gasteiger partial charge in [0, 0.05) is 23.1 Å². The van der Waals surface area contributed by atoms with E-state index in [0.717, 1.165) is 54.0 Å². The van der Waals surface area contributed by atoms with Gasteiger partial charge in [0.05, 0.1) is 17.1 Å². The summed E-state index contributed by atoms with van der Waals surface area (Å²) < 4.78 is 0. The zero-order chi connectivity index (χ0) is 16.2. The lowest BCUT2D eigenvalue weighted by atomic mass is 9.85. The second-order valence-corrected chi connectivity index (χ2v) is 7.72. The maximum absolute atomic E-state index is 12.1. The number of aryl methyl sites for hydroxylation is 3. The molecule has 0 unspecified atom stereocenters. The standard InChI is InChI=1S/C20H22N2O/c1-20(2,3)17-10-9-12-7-8-13-11-14-15(5-4-6-16(14)23)21-19(13)18(12)22-17/h9-11H,4-8H2,1-3H3. The van der Waals surface area contributed by atoms with Gasteiger partial charge in [0.1, 0.15) is 0 Å². The lowest BCUT2D eigenvalue weighted by molar-refractivity contribution is 0.0971. The quantitative estimate of drug-likeness (QED) is 0.737. The maximum atomic E-state index is 12.1. The van der Waals surface area contributed by atoms with Crippen LogP contribution < -0.4 is 0 Å². The van der Waals surface area contributed by atoms with Crippen LogP contribution in [0.25, 0.3) is 11.4 Å². The van der Waals surface area contributed by atoms with E-state index < -0.39 is 0 Å². The predicted molar refractivity (Wildman–Crippen MR) is 90.8 cm³/mol. The van der Waals surface area contributed by atoms with Gasteiger partial charge in [-0.1, -0.05) is 26.8 Å². The minimum absolute atomic E-state index is 0.0246. The topological polar surface area (TPSA) is 42.9 Å². The fourth-order valence-electron chi connectivity index (χ4n) is 3.55. The van der Waals surface area contributed by atoms with Crippen LogP contribution in [-0.2, 0) is 24.7 Å². The van der Waals surface area contributed by atoms with Crippen molar-refractivity contribution in [2.24, 2.45) is 0 Å². The average Bonchev–Trinajstić information content (AvgIpc) is 2.52. The Hall–Kier alpha value is -2.03. The van der Waals surface area contributed by atoms with Gasteiger partial charge in [-0.05, 0) is 48.9 Å². The summed E-state index contributed by atoms with van der Waals surface area (Å²) in [4.78, 5) is 22.0. The van der Waals surface area contributed by atoms with Crippen LogP contribution in [0.1, 0.15) is 66.5 Å². The number of Topliss-reactive ketones (excluding diaryl/α,β-unsaturated/α-hetero) is 1. The summed E-state index contributed by atoms with van der Waals surface area (Å²) in [5.41, 5.74) is 7.44. The molecule has 0 saturated carbocycles. The van der Waals surface area contributed by atoms with E-state index in [1.54, 1.807) is 0 Å². The summed E-state index contributed by atoms with van der Waals surface area (Å²) in [6, 6.07) is 6.44. The van der Waals surface area contributed by atoms with E-state index in [9.17, 15) is 4.79 Å². The van der Waals surface area contributed by atoms with Gasteiger partial charge in [0.15, 0.2) is 5.78 Å². The summed E-state index contributed by atoms with van der Waals surface area (Å²) >= 11 is 0. The molecule has 4 rings (SSSR count). The van der Waals surface area contributed by atoms with E-state index in [0.29, 0.717) is 6.42 Å². The largest absolute Gasteiger partial charge is 0.294 e. The molecular formula is C20H22N2O. The molecule has 3 heteroatoms. The van der Waals surface area contributed by atoms with Crippen LogP contribution in [0, 0.1) is 0 Å². The molecule has 2 heterocycles. The van der Waals surface area contributed by atoms with Crippen LogP contribution in [-0.4, -0.2) is 15.8 Å². The van der Waals surface area contributed by atoms with Crippen LogP contribution in [0.2, 0.25) is 0 Å². The molecule has 118 valence electrons. The van der Waals surface area contributed by atoms with Crippen molar-refractivity contribution in [1.82, 2.24) is 9.97 Å². The van der Waals surface area contributed by atoms with Crippen molar-refractivity contribution >= 4 is 5.78 Å². The molecular weight excluding hydrogens is 284 g/mol. The third-order valence-electron chi connectivity index (χ3n) is 4.93. The van der Waals surface area contributed by atoms with E-state index in [-0.39, 0.29) is 11.2 Å². The Labute approximate surface area is 137 Å². The Morgan fingerprint density at radius 2 is 1.65 bits per heavy atom. The summed E-state index contributed by atoms with van der Waals surface area (Å²) in [6.45, 7) is 6.55. The second-order valence-electron chi connectivity index (χ2n) is 7.72. The molecule has 2 aliphatic rings. The first-order valence-corrected chi connectivity index (χ1v) is 8.50. The van der Waals surface area contributed by atoms with Crippen LogP contribution >= 0.6 is 0 Å². The first-order valence-electron chi connectivity index (χ1n) is 8.50. The molecule has 2 aliphatic carbocycles. The maximum Gasteiger partial charge on any atom is 0.164 e. The molecule has 0 saturated heterocycles. The number of carbonyl (C=O) groups excluding carboxylic acids is 1. The molecule has 0 fully saturated rings. The number of pyridine rings is 2. The van der Waals surface area contributed by atoms with E-state index in [1.807, 2.05) is 0 Å². The first kappa shape index (κ1) is 14.6. The van der Waals surface area contributed by atoms with Crippen molar-refractivity contribution in [2.75, 3.05) is 0 Å². The summed E-state index contributed by atoms with van der Waals surface area (Å²) in [7, 11) is 0. The number of carbonyl (C=O) groups is 1. The molecule has 23 heavy (non-hydrogen) atoms. The molecule has 2 aromatic heterocycles. The lowest BCUT2D eigenvalue weighted by Crippen LogP contribution is -2.19. The summed E-state index contributed by atoms with van der Waals surface area (Å²) in [5.74, 6) is 0.253. The zero-order valence-corrected chi connectivity index (χ0v) is 14.1. The molecule has 0 N–H and O–H groups in total. The average molecular weight is 306 g/mol. The summed E-state index contributed by atoms with van der Waals surface area (Å²) in [5, 5.41) is 0. The zero-order valence-electron chi connectivity index (χ0n) is 14.1. The predicted octanol–water partition coefficient (Wildman–Crippen LogP) is 4.06. The molecule has 0 aromatic carbocycles. The second kappa shape index (κ2) is 4.98. The number of ketones is 1. The number of aromatic nitrogens is 2. The van der Waals surface area contributed by atoms with Gasteiger partial charge in [-0.3, -0.25) is 14.8 Å². The molecule has 0 bridgehead atoms.